The van der Waals surface area contributed by atoms with Crippen LogP contribution < -0.4 is 5.32 Å². The van der Waals surface area contributed by atoms with Crippen molar-refractivity contribution in [1.29, 1.82) is 0 Å². The summed E-state index contributed by atoms with van der Waals surface area (Å²) in [5.74, 6) is -1.84. The highest BCUT2D eigenvalue weighted by atomic mass is 35.5. The van der Waals surface area contributed by atoms with Crippen molar-refractivity contribution in [2.75, 3.05) is 0 Å². The number of halogens is 1. The summed E-state index contributed by atoms with van der Waals surface area (Å²) in [7, 11) is 0. The molecule has 0 aliphatic carbocycles. The van der Waals surface area contributed by atoms with E-state index in [-0.39, 0.29) is 29.8 Å². The highest BCUT2D eigenvalue weighted by Gasteiger charge is 2.36. The molecule has 4 rings (SSSR count). The van der Waals surface area contributed by atoms with Crippen molar-refractivity contribution in [3.63, 3.8) is 0 Å². The Bertz CT molecular complexity index is 1240. The van der Waals surface area contributed by atoms with Gasteiger partial charge >= 0.3 is 5.97 Å². The molecule has 8 nitrogen and oxygen atoms in total. The molecule has 0 saturated heterocycles. The number of imide groups is 1. The van der Waals surface area contributed by atoms with Gasteiger partial charge in [0.05, 0.1) is 29.5 Å². The van der Waals surface area contributed by atoms with Crippen LogP contribution in [0.3, 0.4) is 0 Å². The highest BCUT2D eigenvalue weighted by molar-refractivity contribution is 6.31. The summed E-state index contributed by atoms with van der Waals surface area (Å²) in [5.41, 5.74) is 1.07. The van der Waals surface area contributed by atoms with Crippen molar-refractivity contribution in [1.82, 2.24) is 10.2 Å². The second-order valence-electron chi connectivity index (χ2n) is 7.39. The fraction of sp³-hybridized carbons (Fsp3) is 0.167. The van der Waals surface area contributed by atoms with E-state index in [1.807, 2.05) is 0 Å². The Labute approximate surface area is 194 Å². The molecule has 3 aromatic rings. The van der Waals surface area contributed by atoms with Crippen molar-refractivity contribution in [3.05, 3.63) is 93.9 Å². The second-order valence-corrected chi connectivity index (χ2v) is 7.80. The molecule has 0 bridgehead atoms. The van der Waals surface area contributed by atoms with Gasteiger partial charge in [0.25, 0.3) is 17.7 Å². The molecule has 2 heterocycles. The maximum absolute atomic E-state index is 12.7. The molecule has 1 atom stereocenters. The highest BCUT2D eigenvalue weighted by Crippen LogP contribution is 2.26. The Balaban J connectivity index is 1.40. The number of carbonyl (C=O) groups is 4. The lowest BCUT2D eigenvalue weighted by Gasteiger charge is -2.14. The number of furan rings is 1. The number of hydrogen-bond acceptors (Lipinski definition) is 6. The van der Waals surface area contributed by atoms with Gasteiger partial charge in [-0.2, -0.15) is 0 Å². The van der Waals surface area contributed by atoms with Gasteiger partial charge in [0.15, 0.2) is 6.10 Å². The minimum atomic E-state index is -1.08. The number of nitrogens with zero attached hydrogens (tertiary/aromatic N) is 1. The first-order valence-electron chi connectivity index (χ1n) is 10.1. The average Bonchev–Trinajstić information content (AvgIpc) is 3.41. The monoisotopic (exact) mass is 466 g/mol. The Morgan fingerprint density at radius 3 is 2.55 bits per heavy atom. The Morgan fingerprint density at radius 2 is 1.82 bits per heavy atom. The van der Waals surface area contributed by atoms with Crippen LogP contribution in [0.25, 0.3) is 0 Å². The topological polar surface area (TPSA) is 106 Å². The number of carbonyl (C=O) groups excluding carboxylic acids is 4. The van der Waals surface area contributed by atoms with Crippen molar-refractivity contribution >= 4 is 35.3 Å². The van der Waals surface area contributed by atoms with Gasteiger partial charge in [0, 0.05) is 11.6 Å². The third-order valence-electron chi connectivity index (χ3n) is 5.16. The van der Waals surface area contributed by atoms with E-state index in [0.717, 1.165) is 10.5 Å². The standard InChI is InChI=1S/C24H19ClN2O6/c1-14(21(28)26-12-16-5-2-3-7-20(16)25)33-24(31)15-8-9-18-19(11-15)23(30)27(22(18)29)13-17-6-4-10-32-17/h2-11,14H,12-13H2,1H3,(H,26,28). The molecule has 0 radical (unpaired) electrons. The van der Waals surface area contributed by atoms with Crippen molar-refractivity contribution < 1.29 is 28.3 Å². The lowest BCUT2D eigenvalue weighted by molar-refractivity contribution is -0.129. The molecule has 1 N–H and O–H groups in total. The molecule has 9 heteroatoms. The molecule has 1 aliphatic rings. The summed E-state index contributed by atoms with van der Waals surface area (Å²) in [6.07, 6.45) is 0.369. The van der Waals surface area contributed by atoms with Crippen LogP contribution in [-0.4, -0.2) is 34.7 Å². The van der Waals surface area contributed by atoms with Gasteiger partial charge < -0.3 is 14.5 Å². The minimum absolute atomic E-state index is 0.0121. The zero-order chi connectivity index (χ0) is 23.5. The molecular weight excluding hydrogens is 448 g/mol. The molecular formula is C24H19ClN2O6. The molecule has 33 heavy (non-hydrogen) atoms. The van der Waals surface area contributed by atoms with Crippen LogP contribution in [0.2, 0.25) is 5.02 Å². The SMILES string of the molecule is CC(OC(=O)c1ccc2c(c1)C(=O)N(Cc1ccco1)C2=O)C(=O)NCc1ccccc1Cl. The predicted octanol–water partition coefficient (Wildman–Crippen LogP) is 3.59. The fourth-order valence-electron chi connectivity index (χ4n) is 3.37. The Hall–Kier alpha value is -3.91. The molecule has 0 fully saturated rings. The molecule has 0 spiro atoms. The number of hydrogen-bond donors (Lipinski definition) is 1. The van der Waals surface area contributed by atoms with Crippen LogP contribution in [0.1, 0.15) is 49.3 Å². The second kappa shape index (κ2) is 9.30. The Kier molecular flexibility index (Phi) is 6.28. The van der Waals surface area contributed by atoms with E-state index in [2.05, 4.69) is 5.32 Å². The Morgan fingerprint density at radius 1 is 1.06 bits per heavy atom. The van der Waals surface area contributed by atoms with Gasteiger partial charge in [-0.3, -0.25) is 19.3 Å². The van der Waals surface area contributed by atoms with Gasteiger partial charge in [-0.25, -0.2) is 4.79 Å². The first-order chi connectivity index (χ1) is 15.8. The zero-order valence-electron chi connectivity index (χ0n) is 17.5. The summed E-state index contributed by atoms with van der Waals surface area (Å²) in [4.78, 5) is 51.2. The quantitative estimate of drug-likeness (QED) is 0.421. The molecule has 1 aliphatic heterocycles. The maximum atomic E-state index is 12.7. The summed E-state index contributed by atoms with van der Waals surface area (Å²) in [5, 5.41) is 3.18. The number of esters is 1. The summed E-state index contributed by atoms with van der Waals surface area (Å²) >= 11 is 6.07. The smallest absolute Gasteiger partial charge is 0.338 e. The number of fused-ring (bicyclic) bond motifs is 1. The van der Waals surface area contributed by atoms with E-state index in [9.17, 15) is 19.2 Å². The van der Waals surface area contributed by atoms with Crippen LogP contribution >= 0.6 is 11.6 Å². The lowest BCUT2D eigenvalue weighted by Crippen LogP contribution is -2.35. The molecule has 1 unspecified atom stereocenters. The normalized spacial score (nSPS) is 13.6. The molecule has 1 aromatic heterocycles. The largest absolute Gasteiger partial charge is 0.467 e. The van der Waals surface area contributed by atoms with Gasteiger partial charge in [-0.05, 0) is 48.9 Å². The average molecular weight is 467 g/mol. The summed E-state index contributed by atoms with van der Waals surface area (Å²) in [6, 6.07) is 14.5. The maximum Gasteiger partial charge on any atom is 0.338 e. The van der Waals surface area contributed by atoms with E-state index < -0.39 is 29.8 Å². The van der Waals surface area contributed by atoms with Gasteiger partial charge in [0.1, 0.15) is 5.76 Å². The predicted molar refractivity (Wildman–Crippen MR) is 118 cm³/mol. The first kappa shape index (κ1) is 22.3. The minimum Gasteiger partial charge on any atom is -0.467 e. The van der Waals surface area contributed by atoms with Gasteiger partial charge in [-0.1, -0.05) is 29.8 Å². The first-order valence-corrected chi connectivity index (χ1v) is 10.5. The van der Waals surface area contributed by atoms with Gasteiger partial charge in [-0.15, -0.1) is 0 Å². The number of rotatable bonds is 7. The molecule has 168 valence electrons. The van der Waals surface area contributed by atoms with E-state index in [0.29, 0.717) is 10.8 Å². The third kappa shape index (κ3) is 4.65. The third-order valence-corrected chi connectivity index (χ3v) is 5.53. The zero-order valence-corrected chi connectivity index (χ0v) is 18.3. The number of amides is 3. The van der Waals surface area contributed by atoms with Crippen molar-refractivity contribution in [3.8, 4) is 0 Å². The number of ether oxygens (including phenoxy) is 1. The summed E-state index contributed by atoms with van der Waals surface area (Å²) < 4.78 is 10.5. The van der Waals surface area contributed by atoms with E-state index >= 15 is 0 Å². The van der Waals surface area contributed by atoms with Crippen LogP contribution in [-0.2, 0) is 22.6 Å². The van der Waals surface area contributed by atoms with Crippen LogP contribution in [0, 0.1) is 0 Å². The van der Waals surface area contributed by atoms with Gasteiger partial charge in [0.2, 0.25) is 0 Å². The van der Waals surface area contributed by atoms with E-state index in [1.54, 1.807) is 36.4 Å². The molecule has 2 aromatic carbocycles. The van der Waals surface area contributed by atoms with Crippen molar-refractivity contribution in [2.45, 2.75) is 26.1 Å². The molecule has 0 saturated carbocycles. The molecule has 3 amide bonds. The van der Waals surface area contributed by atoms with Crippen LogP contribution in [0.4, 0.5) is 0 Å². The fourth-order valence-corrected chi connectivity index (χ4v) is 3.57. The summed E-state index contributed by atoms with van der Waals surface area (Å²) in [6.45, 7) is 1.61. The lowest BCUT2D eigenvalue weighted by atomic mass is 10.1. The van der Waals surface area contributed by atoms with E-state index in [4.69, 9.17) is 20.8 Å². The van der Waals surface area contributed by atoms with Crippen molar-refractivity contribution in [2.24, 2.45) is 0 Å². The van der Waals surface area contributed by atoms with Crippen LogP contribution in [0.15, 0.2) is 65.3 Å². The number of nitrogens with one attached hydrogen (secondary N) is 1. The van der Waals surface area contributed by atoms with E-state index in [1.165, 1.54) is 31.4 Å². The number of benzene rings is 2. The van der Waals surface area contributed by atoms with Crippen LogP contribution in [0.5, 0.6) is 0 Å².